The van der Waals surface area contributed by atoms with Crippen molar-refractivity contribution in [1.29, 1.82) is 0 Å². The molecule has 3 aromatic heterocycles. The normalized spacial score (nSPS) is 14.1. The molecule has 1 amide bonds. The number of rotatable bonds is 9. The zero-order valence-corrected chi connectivity index (χ0v) is 22.7. The Kier molecular flexibility index (Phi) is 7.78. The summed E-state index contributed by atoms with van der Waals surface area (Å²) in [6.07, 6.45) is 6.26. The van der Waals surface area contributed by atoms with E-state index >= 15 is 8.78 Å². The molecular formula is C28H31F2N7O3. The summed E-state index contributed by atoms with van der Waals surface area (Å²) in [6.45, 7) is 7.31. The van der Waals surface area contributed by atoms with Gasteiger partial charge in [-0.3, -0.25) is 14.1 Å². The Morgan fingerprint density at radius 3 is 2.40 bits per heavy atom. The second-order valence-corrected chi connectivity index (χ2v) is 9.47. The summed E-state index contributed by atoms with van der Waals surface area (Å²) in [7, 11) is 4.34. The largest absolute Gasteiger partial charge is 0.494 e. The van der Waals surface area contributed by atoms with Gasteiger partial charge in [0.05, 0.1) is 25.5 Å². The molecule has 1 aliphatic rings. The molecule has 12 heteroatoms. The van der Waals surface area contributed by atoms with Crippen LogP contribution < -0.4 is 14.8 Å². The van der Waals surface area contributed by atoms with Crippen molar-refractivity contribution < 1.29 is 23.0 Å². The molecule has 1 fully saturated rings. The van der Waals surface area contributed by atoms with E-state index in [4.69, 9.17) is 14.5 Å². The predicted octanol–water partition coefficient (Wildman–Crippen LogP) is 3.54. The van der Waals surface area contributed by atoms with E-state index in [2.05, 4.69) is 26.8 Å². The lowest BCUT2D eigenvalue weighted by Crippen LogP contribution is -2.48. The minimum atomic E-state index is -0.853. The quantitative estimate of drug-likeness (QED) is 0.316. The maximum atomic E-state index is 15.6. The lowest BCUT2D eigenvalue weighted by Gasteiger charge is -2.34. The Bertz CT molecular complexity index is 1550. The Hall–Kier alpha value is -4.32. The van der Waals surface area contributed by atoms with E-state index in [-0.39, 0.29) is 28.5 Å². The van der Waals surface area contributed by atoms with Crippen LogP contribution in [0.25, 0.3) is 27.8 Å². The first-order chi connectivity index (χ1) is 19.4. The van der Waals surface area contributed by atoms with Gasteiger partial charge in [-0.15, -0.1) is 0 Å². The number of hydrogen-bond donors (Lipinski definition) is 1. The van der Waals surface area contributed by atoms with Gasteiger partial charge in [-0.1, -0.05) is 6.58 Å². The van der Waals surface area contributed by atoms with Gasteiger partial charge in [-0.25, -0.2) is 18.7 Å². The molecule has 40 heavy (non-hydrogen) atoms. The molecule has 5 rings (SSSR count). The van der Waals surface area contributed by atoms with Crippen LogP contribution in [0, 0.1) is 11.6 Å². The van der Waals surface area contributed by atoms with Gasteiger partial charge in [0, 0.05) is 62.6 Å². The average molecular weight is 552 g/mol. The highest BCUT2D eigenvalue weighted by Gasteiger charge is 2.25. The molecule has 1 N–H and O–H groups in total. The maximum Gasteiger partial charge on any atom is 0.246 e. The van der Waals surface area contributed by atoms with Crippen molar-refractivity contribution in [3.05, 3.63) is 54.5 Å². The fraction of sp³-hybridized carbons (Fsp3) is 0.357. The number of piperazine rings is 1. The number of halogens is 2. The summed E-state index contributed by atoms with van der Waals surface area (Å²) >= 11 is 0. The van der Waals surface area contributed by atoms with Crippen molar-refractivity contribution in [2.45, 2.75) is 12.8 Å². The molecule has 0 atom stereocenters. The summed E-state index contributed by atoms with van der Waals surface area (Å²) in [6, 6.07) is 2.81. The number of hydrogen-bond acceptors (Lipinski definition) is 8. The molecule has 4 aromatic rings. The highest BCUT2D eigenvalue weighted by atomic mass is 19.1. The number of nitrogens with one attached hydrogen (secondary N) is 1. The number of ether oxygens (including phenoxy) is 2. The van der Waals surface area contributed by atoms with Crippen LogP contribution in [0.4, 0.5) is 14.7 Å². The number of pyridine rings is 1. The van der Waals surface area contributed by atoms with Gasteiger partial charge in [-0.05, 0) is 31.5 Å². The number of benzene rings is 1. The summed E-state index contributed by atoms with van der Waals surface area (Å²) in [4.78, 5) is 29.6. The maximum absolute atomic E-state index is 15.6. The highest BCUT2D eigenvalue weighted by Crippen LogP contribution is 2.40. The Labute approximate surface area is 230 Å². The minimum absolute atomic E-state index is 0.0425. The fourth-order valence-corrected chi connectivity index (χ4v) is 5.03. The van der Waals surface area contributed by atoms with Crippen LogP contribution in [0.2, 0.25) is 0 Å². The number of anilines is 1. The van der Waals surface area contributed by atoms with Gasteiger partial charge in [0.1, 0.15) is 5.65 Å². The third kappa shape index (κ3) is 5.02. The van der Waals surface area contributed by atoms with Gasteiger partial charge in [0.25, 0.3) is 0 Å². The third-order valence-corrected chi connectivity index (χ3v) is 7.15. The first-order valence-corrected chi connectivity index (χ1v) is 13.0. The summed E-state index contributed by atoms with van der Waals surface area (Å²) in [5.74, 6) is -1.63. The van der Waals surface area contributed by atoms with Crippen LogP contribution in [-0.2, 0) is 11.2 Å². The minimum Gasteiger partial charge on any atom is -0.494 e. The lowest BCUT2D eigenvalue weighted by atomic mass is 10.0. The van der Waals surface area contributed by atoms with E-state index in [1.54, 1.807) is 28.6 Å². The zero-order chi connectivity index (χ0) is 28.4. The third-order valence-electron chi connectivity index (χ3n) is 7.15. The molecular weight excluding hydrogens is 520 g/mol. The van der Waals surface area contributed by atoms with E-state index in [9.17, 15) is 4.79 Å². The topological polar surface area (TPSA) is 97.1 Å². The zero-order valence-electron chi connectivity index (χ0n) is 22.7. The molecule has 4 heterocycles. The van der Waals surface area contributed by atoms with Crippen LogP contribution in [0.5, 0.6) is 11.5 Å². The summed E-state index contributed by atoms with van der Waals surface area (Å²) in [5.41, 5.74) is 1.60. The second kappa shape index (κ2) is 11.4. The number of nitrogens with zero attached hydrogens (tertiary/aromatic N) is 6. The number of methoxy groups -OCH3 is 2. The average Bonchev–Trinajstić information content (AvgIpc) is 3.41. The van der Waals surface area contributed by atoms with Crippen molar-refractivity contribution in [1.82, 2.24) is 29.2 Å². The van der Waals surface area contributed by atoms with Crippen molar-refractivity contribution in [3.8, 4) is 22.6 Å². The number of imidazole rings is 1. The van der Waals surface area contributed by atoms with Crippen LogP contribution in [-0.4, -0.2) is 89.1 Å². The van der Waals surface area contributed by atoms with E-state index in [1.807, 2.05) is 6.20 Å². The van der Waals surface area contributed by atoms with Crippen molar-refractivity contribution in [2.75, 3.05) is 59.3 Å². The van der Waals surface area contributed by atoms with Gasteiger partial charge < -0.3 is 19.7 Å². The number of aromatic nitrogens is 4. The fourth-order valence-electron chi connectivity index (χ4n) is 5.03. The molecule has 1 aliphatic heterocycles. The molecule has 0 saturated carbocycles. The standard InChI is InChI=1S/C28H31F2N7O3/c1-5-22(38)36-11-9-35(10-12-36)8-6-7-18-16-37-26-17(15-32-28(31-2)34-26)13-19(27(37)33-18)23-24(29)20(39-3)14-21(40-4)25(23)30/h5,13-16H,1,6-12H2,2-4H3,(H,31,32,34). The van der Waals surface area contributed by atoms with Gasteiger partial charge in [-0.2, -0.15) is 4.98 Å². The molecule has 0 bridgehead atoms. The summed E-state index contributed by atoms with van der Waals surface area (Å²) < 4.78 is 43.2. The number of carbonyl (C=O) groups is 1. The number of amides is 1. The molecule has 0 unspecified atom stereocenters. The lowest BCUT2D eigenvalue weighted by molar-refractivity contribution is -0.127. The Morgan fingerprint density at radius 1 is 1.07 bits per heavy atom. The van der Waals surface area contributed by atoms with Crippen LogP contribution >= 0.6 is 0 Å². The van der Waals surface area contributed by atoms with E-state index < -0.39 is 11.6 Å². The molecule has 210 valence electrons. The Morgan fingerprint density at radius 2 is 1.77 bits per heavy atom. The van der Waals surface area contributed by atoms with E-state index in [0.717, 1.165) is 31.7 Å². The van der Waals surface area contributed by atoms with Crippen LogP contribution in [0.3, 0.4) is 0 Å². The first kappa shape index (κ1) is 27.3. The van der Waals surface area contributed by atoms with Crippen molar-refractivity contribution in [2.24, 2.45) is 0 Å². The molecule has 0 aliphatic carbocycles. The molecule has 0 radical (unpaired) electrons. The predicted molar refractivity (Wildman–Crippen MR) is 148 cm³/mol. The van der Waals surface area contributed by atoms with Gasteiger partial charge in [0.15, 0.2) is 28.8 Å². The van der Waals surface area contributed by atoms with Gasteiger partial charge in [0.2, 0.25) is 11.9 Å². The van der Waals surface area contributed by atoms with Crippen LogP contribution in [0.1, 0.15) is 12.1 Å². The SMILES string of the molecule is C=CC(=O)N1CCN(CCCc2cn3c(n2)c(-c2c(F)c(OC)cc(OC)c2F)cc2cnc(NC)nc23)CC1. The van der Waals surface area contributed by atoms with Crippen molar-refractivity contribution >= 4 is 28.5 Å². The molecule has 10 nitrogen and oxygen atoms in total. The van der Waals surface area contributed by atoms with Crippen LogP contribution in [0.15, 0.2) is 37.2 Å². The van der Waals surface area contributed by atoms with Crippen molar-refractivity contribution in [3.63, 3.8) is 0 Å². The highest BCUT2D eigenvalue weighted by molar-refractivity contribution is 5.91. The molecule has 1 aromatic carbocycles. The number of fused-ring (bicyclic) bond motifs is 3. The second-order valence-electron chi connectivity index (χ2n) is 9.47. The smallest absolute Gasteiger partial charge is 0.246 e. The Balaban J connectivity index is 1.50. The number of carbonyl (C=O) groups excluding carboxylic acids is 1. The number of aryl methyl sites for hydroxylation is 1. The van der Waals surface area contributed by atoms with Gasteiger partial charge >= 0.3 is 0 Å². The molecule has 0 spiro atoms. The van der Waals surface area contributed by atoms with E-state index in [0.29, 0.717) is 42.1 Å². The van der Waals surface area contributed by atoms with E-state index in [1.165, 1.54) is 26.4 Å². The first-order valence-electron chi connectivity index (χ1n) is 13.0. The monoisotopic (exact) mass is 551 g/mol. The molecule has 1 saturated heterocycles. The summed E-state index contributed by atoms with van der Waals surface area (Å²) in [5, 5.41) is 3.51.